The fraction of sp³-hybridized carbons (Fsp3) is 0.480. The van der Waals surface area contributed by atoms with E-state index in [1.807, 2.05) is 35.2 Å². The molecule has 1 saturated carbocycles. The molecule has 0 aromatic heterocycles. The number of hydrogen-bond donors (Lipinski definition) is 1. The van der Waals surface area contributed by atoms with Crippen molar-refractivity contribution in [1.29, 1.82) is 0 Å². The highest BCUT2D eigenvalue weighted by Crippen LogP contribution is 2.41. The number of morpholine rings is 1. The lowest BCUT2D eigenvalue weighted by Gasteiger charge is -2.31. The second-order valence-corrected chi connectivity index (χ2v) is 8.47. The lowest BCUT2D eigenvalue weighted by atomic mass is 9.88. The summed E-state index contributed by atoms with van der Waals surface area (Å²) in [7, 11) is 3.27. The van der Waals surface area contributed by atoms with Crippen molar-refractivity contribution in [2.75, 3.05) is 40.5 Å². The van der Waals surface area contributed by atoms with E-state index in [1.54, 1.807) is 14.2 Å². The van der Waals surface area contributed by atoms with Gasteiger partial charge in [-0.2, -0.15) is 0 Å². The quantitative estimate of drug-likeness (QED) is 0.713. The van der Waals surface area contributed by atoms with Crippen LogP contribution in [0.1, 0.15) is 29.9 Å². The maximum Gasteiger partial charge on any atom is 0.226 e. The Balaban J connectivity index is 1.49. The zero-order chi connectivity index (χ0) is 22.5. The molecule has 0 radical (unpaired) electrons. The molecule has 1 N–H and O–H groups in total. The topological polar surface area (TPSA) is 60.0 Å². The highest BCUT2D eigenvalue weighted by Gasteiger charge is 2.41. The van der Waals surface area contributed by atoms with E-state index in [-0.39, 0.29) is 29.6 Å². The van der Waals surface area contributed by atoms with E-state index < -0.39 is 0 Å². The Morgan fingerprint density at radius 2 is 1.72 bits per heavy atom. The number of methoxy groups -OCH3 is 2. The molecule has 0 unspecified atom stereocenters. The van der Waals surface area contributed by atoms with Crippen LogP contribution in [0.5, 0.6) is 11.5 Å². The number of amides is 1. The van der Waals surface area contributed by atoms with Gasteiger partial charge in [0.05, 0.1) is 27.4 Å². The van der Waals surface area contributed by atoms with Gasteiger partial charge in [-0.1, -0.05) is 12.1 Å². The van der Waals surface area contributed by atoms with Crippen LogP contribution in [-0.2, 0) is 16.1 Å². The highest BCUT2D eigenvalue weighted by atomic mass is 19.1. The third-order valence-corrected chi connectivity index (χ3v) is 6.51. The first-order valence-corrected chi connectivity index (χ1v) is 11.1. The molecule has 0 bridgehead atoms. The standard InChI is InChI=1S/C25H31FN2O4/c1-30-21-11-17(12-22(15-21)31-2)16-27-20-13-23(18-3-5-19(26)6-4-18)24(14-20)25(29)28-7-9-32-10-8-28/h3-6,11-12,15,20,23-24,27H,7-10,13-14,16H2,1-2H3/t20-,23+,24-/m0/s1. The number of hydrogen-bond acceptors (Lipinski definition) is 5. The largest absolute Gasteiger partial charge is 0.497 e. The molecule has 1 amide bonds. The fourth-order valence-electron chi connectivity index (χ4n) is 4.80. The van der Waals surface area contributed by atoms with E-state index in [2.05, 4.69) is 5.32 Å². The molecule has 2 aromatic carbocycles. The molecule has 1 aliphatic carbocycles. The summed E-state index contributed by atoms with van der Waals surface area (Å²) in [6.45, 7) is 3.07. The average Bonchev–Trinajstić information content (AvgIpc) is 3.27. The lowest BCUT2D eigenvalue weighted by Crippen LogP contribution is -2.44. The van der Waals surface area contributed by atoms with Gasteiger partial charge in [-0.25, -0.2) is 4.39 Å². The maximum absolute atomic E-state index is 13.5. The number of carbonyl (C=O) groups excluding carboxylic acids is 1. The fourth-order valence-corrected chi connectivity index (χ4v) is 4.80. The molecule has 1 heterocycles. The van der Waals surface area contributed by atoms with Gasteiger partial charge in [0.2, 0.25) is 5.91 Å². The van der Waals surface area contributed by atoms with E-state index >= 15 is 0 Å². The summed E-state index contributed by atoms with van der Waals surface area (Å²) < 4.78 is 29.7. The average molecular weight is 443 g/mol. The van der Waals surface area contributed by atoms with Crippen LogP contribution in [0, 0.1) is 11.7 Å². The first kappa shape index (κ1) is 22.6. The van der Waals surface area contributed by atoms with E-state index in [0.717, 1.165) is 35.5 Å². The Labute approximate surface area is 188 Å². The minimum Gasteiger partial charge on any atom is -0.497 e. The molecule has 32 heavy (non-hydrogen) atoms. The minimum atomic E-state index is -0.260. The van der Waals surface area contributed by atoms with Gasteiger partial charge in [-0.3, -0.25) is 4.79 Å². The molecule has 1 aliphatic heterocycles. The Morgan fingerprint density at radius 3 is 2.34 bits per heavy atom. The molecule has 2 aromatic rings. The van der Waals surface area contributed by atoms with Gasteiger partial charge < -0.3 is 24.4 Å². The second kappa shape index (κ2) is 10.3. The van der Waals surface area contributed by atoms with E-state index in [0.29, 0.717) is 32.8 Å². The SMILES string of the molecule is COc1cc(CN[C@@H]2C[C@H](C(=O)N3CCOCC3)[C@@H](c3ccc(F)cc3)C2)cc(OC)c1. The Hall–Kier alpha value is -2.64. The van der Waals surface area contributed by atoms with Gasteiger partial charge in [0, 0.05) is 37.7 Å². The summed E-state index contributed by atoms with van der Waals surface area (Å²) in [4.78, 5) is 15.3. The Morgan fingerprint density at radius 1 is 1.06 bits per heavy atom. The number of ether oxygens (including phenoxy) is 3. The van der Waals surface area contributed by atoms with Crippen LogP contribution in [0.25, 0.3) is 0 Å². The molecule has 0 spiro atoms. The summed E-state index contributed by atoms with van der Waals surface area (Å²) in [5.74, 6) is 1.34. The first-order chi connectivity index (χ1) is 15.6. The van der Waals surface area contributed by atoms with Crippen LogP contribution in [0.4, 0.5) is 4.39 Å². The number of nitrogens with one attached hydrogen (secondary N) is 1. The van der Waals surface area contributed by atoms with Gasteiger partial charge >= 0.3 is 0 Å². The number of rotatable bonds is 7. The number of halogens is 1. The monoisotopic (exact) mass is 442 g/mol. The zero-order valence-corrected chi connectivity index (χ0v) is 18.7. The number of nitrogens with zero attached hydrogens (tertiary/aromatic N) is 1. The molecular weight excluding hydrogens is 411 g/mol. The number of benzene rings is 2. The van der Waals surface area contributed by atoms with Crippen molar-refractivity contribution < 1.29 is 23.4 Å². The molecule has 2 aliphatic rings. The molecule has 4 rings (SSSR count). The normalized spacial score (nSPS) is 23.2. The smallest absolute Gasteiger partial charge is 0.226 e. The molecule has 2 fully saturated rings. The van der Waals surface area contributed by atoms with Crippen LogP contribution in [0.3, 0.4) is 0 Å². The minimum absolute atomic E-state index is 0.0586. The van der Waals surface area contributed by atoms with Gasteiger partial charge in [0.1, 0.15) is 17.3 Å². The van der Waals surface area contributed by atoms with Crippen molar-refractivity contribution >= 4 is 5.91 Å². The van der Waals surface area contributed by atoms with Crippen molar-refractivity contribution in [3.8, 4) is 11.5 Å². The summed E-state index contributed by atoms with van der Waals surface area (Å²) in [6, 6.07) is 12.6. The summed E-state index contributed by atoms with van der Waals surface area (Å²) in [5.41, 5.74) is 2.08. The lowest BCUT2D eigenvalue weighted by molar-refractivity contribution is -0.140. The first-order valence-electron chi connectivity index (χ1n) is 11.1. The molecule has 3 atom stereocenters. The van der Waals surface area contributed by atoms with Crippen LogP contribution >= 0.6 is 0 Å². The van der Waals surface area contributed by atoms with Crippen LogP contribution in [0.15, 0.2) is 42.5 Å². The van der Waals surface area contributed by atoms with Crippen molar-refractivity contribution in [3.05, 3.63) is 59.4 Å². The van der Waals surface area contributed by atoms with Crippen LogP contribution in [-0.4, -0.2) is 57.4 Å². The van der Waals surface area contributed by atoms with E-state index in [4.69, 9.17) is 14.2 Å². The summed E-state index contributed by atoms with van der Waals surface area (Å²) in [6.07, 6.45) is 1.58. The molecule has 1 saturated heterocycles. The molecular formula is C25H31FN2O4. The van der Waals surface area contributed by atoms with Crippen molar-refractivity contribution in [2.24, 2.45) is 5.92 Å². The number of carbonyl (C=O) groups is 1. The summed E-state index contributed by atoms with van der Waals surface area (Å²) >= 11 is 0. The molecule has 172 valence electrons. The van der Waals surface area contributed by atoms with Crippen LogP contribution in [0.2, 0.25) is 0 Å². The third kappa shape index (κ3) is 5.22. The van der Waals surface area contributed by atoms with Gasteiger partial charge in [0.25, 0.3) is 0 Å². The van der Waals surface area contributed by atoms with Crippen molar-refractivity contribution in [3.63, 3.8) is 0 Å². The van der Waals surface area contributed by atoms with Gasteiger partial charge in [0.15, 0.2) is 0 Å². The van der Waals surface area contributed by atoms with Crippen molar-refractivity contribution in [2.45, 2.75) is 31.3 Å². The Bertz CT molecular complexity index is 892. The second-order valence-electron chi connectivity index (χ2n) is 8.47. The van der Waals surface area contributed by atoms with Gasteiger partial charge in [-0.05, 0) is 54.2 Å². The third-order valence-electron chi connectivity index (χ3n) is 6.51. The van der Waals surface area contributed by atoms with Crippen LogP contribution < -0.4 is 14.8 Å². The molecule has 6 nitrogen and oxygen atoms in total. The highest BCUT2D eigenvalue weighted by molar-refractivity contribution is 5.80. The van der Waals surface area contributed by atoms with E-state index in [9.17, 15) is 9.18 Å². The Kier molecular flexibility index (Phi) is 7.27. The predicted molar refractivity (Wildman–Crippen MR) is 119 cm³/mol. The molecule has 7 heteroatoms. The van der Waals surface area contributed by atoms with Crippen molar-refractivity contribution in [1.82, 2.24) is 10.2 Å². The summed E-state index contributed by atoms with van der Waals surface area (Å²) in [5, 5.41) is 3.62. The van der Waals surface area contributed by atoms with E-state index in [1.165, 1.54) is 12.1 Å². The van der Waals surface area contributed by atoms with Gasteiger partial charge in [-0.15, -0.1) is 0 Å². The predicted octanol–water partition coefficient (Wildman–Crippen LogP) is 3.35. The maximum atomic E-state index is 13.5. The zero-order valence-electron chi connectivity index (χ0n) is 18.7.